The average Bonchev–Trinajstić information content (AvgIpc) is 2.31. The number of allylic oxidation sites excluding steroid dienone is 1. The molecule has 0 aromatic heterocycles. The van der Waals surface area contributed by atoms with E-state index in [1.807, 2.05) is 12.1 Å². The first kappa shape index (κ1) is 12.6. The van der Waals surface area contributed by atoms with Gasteiger partial charge in [0.1, 0.15) is 0 Å². The molecule has 0 spiro atoms. The number of hydrogen-bond donors (Lipinski definition) is 0. The summed E-state index contributed by atoms with van der Waals surface area (Å²) in [5.41, 5.74) is 2.43. The second kappa shape index (κ2) is 7.77. The lowest BCUT2D eigenvalue weighted by atomic mass is 10.0. The summed E-state index contributed by atoms with van der Waals surface area (Å²) >= 11 is 0. The minimum absolute atomic E-state index is 0.903. The lowest BCUT2D eigenvalue weighted by Gasteiger charge is -1.99. The maximum Gasteiger partial charge on any atom is 0.0280 e. The third kappa shape index (κ3) is 4.36. The van der Waals surface area contributed by atoms with E-state index in [1.165, 1.54) is 24.8 Å². The van der Waals surface area contributed by atoms with Gasteiger partial charge in [0.05, 0.1) is 0 Å². The molecule has 1 aromatic rings. The summed E-state index contributed by atoms with van der Waals surface area (Å²) in [7, 11) is 0. The first-order chi connectivity index (χ1) is 7.88. The van der Waals surface area contributed by atoms with Crippen LogP contribution in [0.15, 0.2) is 36.9 Å². The lowest BCUT2D eigenvalue weighted by Crippen LogP contribution is -1.86. The summed E-state index contributed by atoms with van der Waals surface area (Å²) in [5.74, 6) is 6.51. The first-order valence-electron chi connectivity index (χ1n) is 6.06. The fourth-order valence-electron chi connectivity index (χ4n) is 1.60. The molecule has 0 heteroatoms. The highest BCUT2D eigenvalue weighted by Crippen LogP contribution is 2.08. The maximum absolute atomic E-state index is 3.77. The fourth-order valence-corrected chi connectivity index (χ4v) is 1.60. The molecule has 0 saturated carbocycles. The zero-order chi connectivity index (χ0) is 11.6. The first-order valence-corrected chi connectivity index (χ1v) is 6.06. The summed E-state index contributed by atoms with van der Waals surface area (Å²) in [5, 5.41) is 0. The molecule has 0 atom stereocenters. The highest BCUT2D eigenvalue weighted by atomic mass is 14.0. The van der Waals surface area contributed by atoms with E-state index in [1.54, 1.807) is 0 Å². The zero-order valence-corrected chi connectivity index (χ0v) is 10.1. The average molecular weight is 212 g/mol. The summed E-state index contributed by atoms with van der Waals surface area (Å²) < 4.78 is 0. The van der Waals surface area contributed by atoms with E-state index in [0.29, 0.717) is 0 Å². The predicted octanol–water partition coefficient (Wildman–Crippen LogP) is 4.35. The Bertz CT molecular complexity index is 377. The molecule has 1 aromatic carbocycles. The van der Waals surface area contributed by atoms with Crippen LogP contribution >= 0.6 is 0 Å². The normalized spacial score (nSPS) is 9.31. The standard InChI is InChI=1S/C16H20/c1-3-5-6-7-8-12-16-14-10-9-13-15(16)11-4-2/h4,9-10,13-14H,2-3,5-7,11H2,1H3. The zero-order valence-electron chi connectivity index (χ0n) is 10.1. The number of rotatable bonds is 5. The van der Waals surface area contributed by atoms with E-state index in [4.69, 9.17) is 0 Å². The Morgan fingerprint density at radius 3 is 2.81 bits per heavy atom. The Hall–Kier alpha value is -1.48. The van der Waals surface area contributed by atoms with Gasteiger partial charge < -0.3 is 0 Å². The summed E-state index contributed by atoms with van der Waals surface area (Å²) in [6.45, 7) is 5.98. The Morgan fingerprint density at radius 1 is 1.25 bits per heavy atom. The van der Waals surface area contributed by atoms with Gasteiger partial charge in [-0.15, -0.1) is 6.58 Å². The molecule has 0 amide bonds. The third-order valence-electron chi connectivity index (χ3n) is 2.51. The lowest BCUT2D eigenvalue weighted by molar-refractivity contribution is 0.737. The quantitative estimate of drug-likeness (QED) is 0.387. The van der Waals surface area contributed by atoms with Crippen molar-refractivity contribution < 1.29 is 0 Å². The molecule has 0 heterocycles. The van der Waals surface area contributed by atoms with Crippen LogP contribution in [0.1, 0.15) is 43.7 Å². The van der Waals surface area contributed by atoms with Gasteiger partial charge in [0.25, 0.3) is 0 Å². The van der Waals surface area contributed by atoms with Gasteiger partial charge in [-0.25, -0.2) is 0 Å². The van der Waals surface area contributed by atoms with Crippen molar-refractivity contribution in [3.8, 4) is 11.8 Å². The van der Waals surface area contributed by atoms with Crippen molar-refractivity contribution in [2.45, 2.75) is 39.0 Å². The smallest absolute Gasteiger partial charge is 0.0280 e. The van der Waals surface area contributed by atoms with E-state index in [9.17, 15) is 0 Å². The van der Waals surface area contributed by atoms with Crippen LogP contribution in [0.2, 0.25) is 0 Å². The van der Waals surface area contributed by atoms with Crippen molar-refractivity contribution in [2.75, 3.05) is 0 Å². The SMILES string of the molecule is C=CCc1ccccc1C#CCCCCC. The largest absolute Gasteiger partial charge is 0.103 e. The summed E-state index contributed by atoms with van der Waals surface area (Å²) in [6.07, 6.45) is 7.60. The Balaban J connectivity index is 2.60. The topological polar surface area (TPSA) is 0 Å². The van der Waals surface area contributed by atoms with Crippen LogP contribution in [-0.2, 0) is 6.42 Å². The van der Waals surface area contributed by atoms with Crippen LogP contribution in [0.5, 0.6) is 0 Å². The van der Waals surface area contributed by atoms with Crippen molar-refractivity contribution >= 4 is 0 Å². The molecule has 16 heavy (non-hydrogen) atoms. The minimum atomic E-state index is 0.903. The molecule has 0 bridgehead atoms. The van der Waals surface area contributed by atoms with Gasteiger partial charge in [-0.2, -0.15) is 0 Å². The van der Waals surface area contributed by atoms with Crippen molar-refractivity contribution in [1.29, 1.82) is 0 Å². The van der Waals surface area contributed by atoms with Gasteiger partial charge in [-0.1, -0.05) is 55.9 Å². The highest BCUT2D eigenvalue weighted by molar-refractivity contribution is 5.42. The van der Waals surface area contributed by atoms with Crippen LogP contribution in [0.25, 0.3) is 0 Å². The maximum atomic E-state index is 3.77. The van der Waals surface area contributed by atoms with Crippen LogP contribution in [-0.4, -0.2) is 0 Å². The molecule has 0 aliphatic carbocycles. The van der Waals surface area contributed by atoms with Gasteiger partial charge in [-0.05, 0) is 24.5 Å². The fraction of sp³-hybridized carbons (Fsp3) is 0.375. The van der Waals surface area contributed by atoms with E-state index >= 15 is 0 Å². The van der Waals surface area contributed by atoms with Gasteiger partial charge in [-0.3, -0.25) is 0 Å². The van der Waals surface area contributed by atoms with E-state index in [2.05, 4.69) is 43.5 Å². The van der Waals surface area contributed by atoms with E-state index in [-0.39, 0.29) is 0 Å². The summed E-state index contributed by atoms with van der Waals surface area (Å²) in [4.78, 5) is 0. The molecule has 0 radical (unpaired) electrons. The molecule has 1 rings (SSSR count). The Kier molecular flexibility index (Phi) is 6.11. The van der Waals surface area contributed by atoms with Crippen molar-refractivity contribution in [3.05, 3.63) is 48.0 Å². The van der Waals surface area contributed by atoms with Gasteiger partial charge >= 0.3 is 0 Å². The monoisotopic (exact) mass is 212 g/mol. The van der Waals surface area contributed by atoms with Crippen molar-refractivity contribution in [2.24, 2.45) is 0 Å². The van der Waals surface area contributed by atoms with Crippen LogP contribution in [0, 0.1) is 11.8 Å². The molecule has 0 N–H and O–H groups in total. The van der Waals surface area contributed by atoms with Crippen molar-refractivity contribution in [3.63, 3.8) is 0 Å². The molecule has 0 saturated heterocycles. The van der Waals surface area contributed by atoms with E-state index in [0.717, 1.165) is 18.4 Å². The Morgan fingerprint density at radius 2 is 2.06 bits per heavy atom. The molecular formula is C16H20. The predicted molar refractivity (Wildman–Crippen MR) is 71.4 cm³/mol. The van der Waals surface area contributed by atoms with Gasteiger partial charge in [0.2, 0.25) is 0 Å². The minimum Gasteiger partial charge on any atom is -0.103 e. The molecule has 0 fully saturated rings. The molecule has 0 nitrogen and oxygen atoms in total. The van der Waals surface area contributed by atoms with Crippen LogP contribution in [0.3, 0.4) is 0 Å². The van der Waals surface area contributed by atoms with E-state index < -0.39 is 0 Å². The van der Waals surface area contributed by atoms with Gasteiger partial charge in [0, 0.05) is 12.0 Å². The van der Waals surface area contributed by atoms with Crippen LogP contribution < -0.4 is 0 Å². The molecular weight excluding hydrogens is 192 g/mol. The molecule has 0 aliphatic rings. The Labute approximate surface area is 99.4 Å². The molecule has 0 unspecified atom stereocenters. The van der Waals surface area contributed by atoms with Gasteiger partial charge in [0.15, 0.2) is 0 Å². The second-order valence-corrected chi connectivity index (χ2v) is 3.91. The second-order valence-electron chi connectivity index (χ2n) is 3.91. The molecule has 84 valence electrons. The number of hydrogen-bond acceptors (Lipinski definition) is 0. The summed E-state index contributed by atoms with van der Waals surface area (Å²) in [6, 6.07) is 8.31. The van der Waals surface area contributed by atoms with Crippen LogP contribution in [0.4, 0.5) is 0 Å². The highest BCUT2D eigenvalue weighted by Gasteiger charge is 1.95. The molecule has 0 aliphatic heterocycles. The number of benzene rings is 1. The third-order valence-corrected chi connectivity index (χ3v) is 2.51. The number of unbranched alkanes of at least 4 members (excludes halogenated alkanes) is 3. The van der Waals surface area contributed by atoms with Crippen molar-refractivity contribution in [1.82, 2.24) is 0 Å².